The lowest BCUT2D eigenvalue weighted by atomic mass is 9.41. The minimum absolute atomic E-state index is 0.0172. The van der Waals surface area contributed by atoms with Crippen molar-refractivity contribution >= 4 is 29.8 Å². The van der Waals surface area contributed by atoms with Crippen molar-refractivity contribution in [1.29, 1.82) is 0 Å². The van der Waals surface area contributed by atoms with Crippen molar-refractivity contribution in [3.8, 4) is 0 Å². The highest BCUT2D eigenvalue weighted by atomic mass is 16.5. The van der Waals surface area contributed by atoms with E-state index in [1.165, 1.54) is 0 Å². The molecule has 8 atom stereocenters. The van der Waals surface area contributed by atoms with Crippen LogP contribution in [-0.4, -0.2) is 80.8 Å². The van der Waals surface area contributed by atoms with Gasteiger partial charge in [-0.25, -0.2) is 4.79 Å². The van der Waals surface area contributed by atoms with E-state index in [2.05, 4.69) is 6.92 Å². The van der Waals surface area contributed by atoms with E-state index in [0.29, 0.717) is 44.9 Å². The van der Waals surface area contributed by atoms with Gasteiger partial charge in [-0.05, 0) is 74.7 Å². The average molecular weight is 607 g/mol. The number of aliphatic carboxylic acids is 2. The third kappa shape index (κ3) is 5.45. The average Bonchev–Trinajstić information content (AvgIpc) is 3.49. The zero-order valence-corrected chi connectivity index (χ0v) is 24.5. The van der Waals surface area contributed by atoms with E-state index in [-0.39, 0.29) is 75.5 Å². The highest BCUT2D eigenvalue weighted by Gasteiger charge is 2.71. The van der Waals surface area contributed by atoms with Crippen LogP contribution in [0.25, 0.3) is 0 Å². The molecule has 238 valence electrons. The maximum Gasteiger partial charge on any atom is 0.331 e. The van der Waals surface area contributed by atoms with Crippen LogP contribution in [0.4, 0.5) is 0 Å². The van der Waals surface area contributed by atoms with Gasteiger partial charge in [-0.2, -0.15) is 0 Å². The first-order chi connectivity index (χ1) is 20.2. The molecule has 0 aromatic rings. The summed E-state index contributed by atoms with van der Waals surface area (Å²) in [5, 5.41) is 42.8. The van der Waals surface area contributed by atoms with Gasteiger partial charge in [-0.1, -0.05) is 6.92 Å². The fourth-order valence-corrected chi connectivity index (χ4v) is 9.51. The minimum atomic E-state index is -1.40. The summed E-state index contributed by atoms with van der Waals surface area (Å²) in [4.78, 5) is 58.7. The molecule has 5 rings (SSSR count). The highest BCUT2D eigenvalue weighted by Crippen LogP contribution is 2.70. The van der Waals surface area contributed by atoms with Gasteiger partial charge in [0.05, 0.1) is 43.5 Å². The largest absolute Gasteiger partial charge is 0.481 e. The van der Waals surface area contributed by atoms with Crippen LogP contribution >= 0.6 is 0 Å². The van der Waals surface area contributed by atoms with Gasteiger partial charge in [0.25, 0.3) is 0 Å². The molecule has 0 saturated heterocycles. The van der Waals surface area contributed by atoms with Gasteiger partial charge in [0.15, 0.2) is 0 Å². The first-order valence-electron chi connectivity index (χ1n) is 15.3. The van der Waals surface area contributed by atoms with E-state index in [1.54, 1.807) is 6.08 Å². The number of aliphatic hydroxyl groups is 2. The molecule has 4 N–H and O–H groups in total. The predicted octanol–water partition coefficient (Wildman–Crippen LogP) is 2.52. The van der Waals surface area contributed by atoms with Crippen molar-refractivity contribution in [2.24, 2.45) is 28.6 Å². The number of ether oxygens (including phenoxy) is 3. The first kappa shape index (κ1) is 31.4. The van der Waals surface area contributed by atoms with Gasteiger partial charge < -0.3 is 34.6 Å². The normalized spacial score (nSPS) is 39.9. The number of fused-ring (bicyclic) bond motifs is 5. The minimum Gasteiger partial charge on any atom is -0.481 e. The predicted molar refractivity (Wildman–Crippen MR) is 146 cm³/mol. The maximum atomic E-state index is 12.6. The van der Waals surface area contributed by atoms with Crippen LogP contribution in [-0.2, 0) is 38.2 Å². The van der Waals surface area contributed by atoms with Crippen molar-refractivity contribution in [1.82, 2.24) is 0 Å². The van der Waals surface area contributed by atoms with E-state index in [1.807, 2.05) is 0 Å². The number of rotatable bonds is 10. The summed E-state index contributed by atoms with van der Waals surface area (Å²) >= 11 is 0. The Morgan fingerprint density at radius 3 is 2.21 bits per heavy atom. The molecule has 4 saturated carbocycles. The molecule has 1 aliphatic heterocycles. The molecule has 0 bridgehead atoms. The Balaban J connectivity index is 1.41. The third-order valence-corrected chi connectivity index (χ3v) is 11.6. The number of hydrogen-bond donors (Lipinski definition) is 4. The maximum absolute atomic E-state index is 12.6. The van der Waals surface area contributed by atoms with E-state index in [4.69, 9.17) is 24.4 Å². The summed E-state index contributed by atoms with van der Waals surface area (Å²) in [7, 11) is 0. The van der Waals surface area contributed by atoms with E-state index >= 15 is 0 Å². The standard InChI is InChI=1S/C31H42O12/c1-28-10-7-21-22(31(28,40)13-9-20(28)18-14-27(38)41-16-18)8-12-30(39)15-19(43-26(37)5-3-24(34)35)6-11-29(21,30)17-42-25(36)4-2-23(32)33/h14,19-22,39-40H,2-13,15-17H2,1H3,(H,32,33)(H,34,35)/t19-,20-,21+,22-,28-,29+,30-,31-/m1/s1. The molecule has 0 aromatic carbocycles. The second-order valence-corrected chi connectivity index (χ2v) is 13.5. The second kappa shape index (κ2) is 11.5. The number of hydrogen-bond acceptors (Lipinski definition) is 10. The fourth-order valence-electron chi connectivity index (χ4n) is 9.51. The molecular weight excluding hydrogens is 564 g/mol. The van der Waals surface area contributed by atoms with Crippen molar-refractivity contribution in [3.05, 3.63) is 11.6 Å². The summed E-state index contributed by atoms with van der Waals surface area (Å²) in [6, 6.07) is 0. The van der Waals surface area contributed by atoms with Crippen LogP contribution in [0.5, 0.6) is 0 Å². The molecule has 1 heterocycles. The van der Waals surface area contributed by atoms with Gasteiger partial charge in [0, 0.05) is 23.3 Å². The highest BCUT2D eigenvalue weighted by molar-refractivity contribution is 5.85. The number of carboxylic acid groups (broad SMARTS) is 2. The molecule has 12 nitrogen and oxygen atoms in total. The van der Waals surface area contributed by atoms with Crippen LogP contribution < -0.4 is 0 Å². The van der Waals surface area contributed by atoms with Crippen LogP contribution in [0.15, 0.2) is 11.6 Å². The van der Waals surface area contributed by atoms with Crippen LogP contribution in [0.1, 0.15) is 90.4 Å². The van der Waals surface area contributed by atoms with Gasteiger partial charge in [0.2, 0.25) is 0 Å². The third-order valence-electron chi connectivity index (χ3n) is 11.6. The van der Waals surface area contributed by atoms with Crippen LogP contribution in [0.3, 0.4) is 0 Å². The van der Waals surface area contributed by atoms with Crippen LogP contribution in [0.2, 0.25) is 0 Å². The summed E-state index contributed by atoms with van der Waals surface area (Å²) in [6.07, 6.45) is 3.66. The summed E-state index contributed by atoms with van der Waals surface area (Å²) in [5.74, 6) is -4.39. The Morgan fingerprint density at radius 1 is 0.884 bits per heavy atom. The SMILES string of the molecule is C[C@]12CC[C@H]3[C@@H](CC[C@@]4(O)C[C@H](OC(=O)CCC(=O)O)CC[C@]34COC(=O)CCC(=O)O)[C@]1(O)CC[C@@H]2C1=CC(=O)OC1. The van der Waals surface area contributed by atoms with Crippen molar-refractivity contribution in [2.75, 3.05) is 13.2 Å². The molecule has 0 spiro atoms. The Hall–Kier alpha value is -2.99. The van der Waals surface area contributed by atoms with Gasteiger partial charge in [-0.3, -0.25) is 19.2 Å². The quantitative estimate of drug-likeness (QED) is 0.210. The van der Waals surface area contributed by atoms with Crippen molar-refractivity contribution in [2.45, 2.75) is 108 Å². The lowest BCUT2D eigenvalue weighted by molar-refractivity contribution is -0.272. The summed E-state index contributed by atoms with van der Waals surface area (Å²) < 4.78 is 16.5. The topological polar surface area (TPSA) is 194 Å². The monoisotopic (exact) mass is 606 g/mol. The number of carbonyl (C=O) groups is 5. The van der Waals surface area contributed by atoms with Crippen molar-refractivity contribution in [3.63, 3.8) is 0 Å². The molecule has 12 heteroatoms. The fraction of sp³-hybridized carbons (Fsp3) is 0.774. The van der Waals surface area contributed by atoms with Gasteiger partial charge in [-0.15, -0.1) is 0 Å². The lowest BCUT2D eigenvalue weighted by Crippen LogP contribution is -2.69. The zero-order chi connectivity index (χ0) is 31.2. The molecular formula is C31H42O12. The Bertz CT molecular complexity index is 1210. The Morgan fingerprint density at radius 2 is 1.56 bits per heavy atom. The van der Waals surface area contributed by atoms with Crippen molar-refractivity contribution < 1.29 is 58.6 Å². The molecule has 0 aromatic heterocycles. The molecule has 43 heavy (non-hydrogen) atoms. The second-order valence-electron chi connectivity index (χ2n) is 13.5. The number of esters is 3. The smallest absolute Gasteiger partial charge is 0.331 e. The van der Waals surface area contributed by atoms with Crippen LogP contribution in [0, 0.1) is 28.6 Å². The zero-order valence-electron chi connectivity index (χ0n) is 24.5. The molecule has 5 aliphatic rings. The lowest BCUT2D eigenvalue weighted by Gasteiger charge is -2.66. The molecule has 0 amide bonds. The summed E-state index contributed by atoms with van der Waals surface area (Å²) in [6.45, 7) is 2.16. The Kier molecular flexibility index (Phi) is 8.41. The summed E-state index contributed by atoms with van der Waals surface area (Å²) in [5.41, 5.74) is -3.05. The molecule has 0 radical (unpaired) electrons. The molecule has 0 unspecified atom stereocenters. The van der Waals surface area contributed by atoms with Gasteiger partial charge in [0.1, 0.15) is 12.7 Å². The van der Waals surface area contributed by atoms with Gasteiger partial charge >= 0.3 is 29.8 Å². The molecule has 4 aliphatic carbocycles. The first-order valence-corrected chi connectivity index (χ1v) is 15.3. The molecule has 4 fully saturated rings. The van der Waals surface area contributed by atoms with E-state index in [0.717, 1.165) is 5.57 Å². The number of carbonyl (C=O) groups excluding carboxylic acids is 3. The Labute approximate surface area is 249 Å². The number of cyclic esters (lactones) is 1. The van der Waals surface area contributed by atoms with E-state index in [9.17, 15) is 34.2 Å². The number of carboxylic acids is 2. The van der Waals surface area contributed by atoms with E-state index < -0.39 is 52.0 Å².